The third-order valence-electron chi connectivity index (χ3n) is 4.12. The normalized spacial score (nSPS) is 11.2. The van der Waals surface area contributed by atoms with E-state index in [-0.39, 0.29) is 5.75 Å². The second kappa shape index (κ2) is 5.02. The van der Waals surface area contributed by atoms with E-state index in [1.165, 1.54) is 0 Å². The summed E-state index contributed by atoms with van der Waals surface area (Å²) in [6, 6.07) is 15.2. The Morgan fingerprint density at radius 2 is 1.52 bits per heavy atom. The van der Waals surface area contributed by atoms with Gasteiger partial charge in [-0.15, -0.1) is 0 Å². The van der Waals surface area contributed by atoms with Crippen molar-refractivity contribution < 1.29 is 14.6 Å². The molecule has 0 aliphatic rings. The molecule has 23 heavy (non-hydrogen) atoms. The van der Waals surface area contributed by atoms with E-state index in [1.54, 1.807) is 20.3 Å². The summed E-state index contributed by atoms with van der Waals surface area (Å²) >= 11 is 0. The zero-order chi connectivity index (χ0) is 16.0. The third-order valence-corrected chi connectivity index (χ3v) is 4.12. The van der Waals surface area contributed by atoms with Gasteiger partial charge in [0.15, 0.2) is 0 Å². The van der Waals surface area contributed by atoms with Gasteiger partial charge in [-0.2, -0.15) is 0 Å². The lowest BCUT2D eigenvalue weighted by Gasteiger charge is -2.11. The topological polar surface area (TPSA) is 51.6 Å². The van der Waals surface area contributed by atoms with Crippen molar-refractivity contribution in [1.82, 2.24) is 4.98 Å². The number of nitrogens with zero attached hydrogens (tertiary/aromatic N) is 1. The van der Waals surface area contributed by atoms with Crippen molar-refractivity contribution in [3.8, 4) is 17.2 Å². The Morgan fingerprint density at radius 1 is 0.783 bits per heavy atom. The van der Waals surface area contributed by atoms with Crippen LogP contribution >= 0.6 is 0 Å². The van der Waals surface area contributed by atoms with Crippen molar-refractivity contribution in [3.63, 3.8) is 0 Å². The van der Waals surface area contributed by atoms with E-state index in [1.807, 2.05) is 36.4 Å². The van der Waals surface area contributed by atoms with Gasteiger partial charge in [-0.25, -0.2) is 4.98 Å². The largest absolute Gasteiger partial charge is 0.507 e. The summed E-state index contributed by atoms with van der Waals surface area (Å²) in [5.41, 5.74) is 1.51. The Labute approximate surface area is 132 Å². The first-order valence-electron chi connectivity index (χ1n) is 7.28. The van der Waals surface area contributed by atoms with Crippen LogP contribution in [0.5, 0.6) is 17.2 Å². The Morgan fingerprint density at radius 3 is 2.26 bits per heavy atom. The summed E-state index contributed by atoms with van der Waals surface area (Å²) in [4.78, 5) is 4.69. The number of aromatic nitrogens is 1. The van der Waals surface area contributed by atoms with Gasteiger partial charge in [-0.05, 0) is 11.5 Å². The van der Waals surface area contributed by atoms with Crippen molar-refractivity contribution in [1.29, 1.82) is 0 Å². The first-order chi connectivity index (χ1) is 11.2. The first-order valence-corrected chi connectivity index (χ1v) is 7.28. The van der Waals surface area contributed by atoms with Crippen LogP contribution in [0, 0.1) is 0 Å². The quantitative estimate of drug-likeness (QED) is 0.444. The fourth-order valence-corrected chi connectivity index (χ4v) is 2.99. The molecule has 0 atom stereocenters. The molecule has 0 saturated carbocycles. The predicted octanol–water partition coefficient (Wildman–Crippen LogP) is 4.26. The number of fused-ring (bicyclic) bond motifs is 4. The lowest BCUT2D eigenvalue weighted by molar-refractivity contribution is 0.398. The minimum atomic E-state index is 0.231. The fourth-order valence-electron chi connectivity index (χ4n) is 2.99. The second-order valence-electron chi connectivity index (χ2n) is 5.39. The molecule has 4 nitrogen and oxygen atoms in total. The van der Waals surface area contributed by atoms with Gasteiger partial charge in [0.05, 0.1) is 25.3 Å². The molecular formula is C19H15NO3. The van der Waals surface area contributed by atoms with Gasteiger partial charge < -0.3 is 14.6 Å². The molecule has 1 aromatic heterocycles. The molecule has 0 aliphatic carbocycles. The van der Waals surface area contributed by atoms with Gasteiger partial charge in [0.1, 0.15) is 17.2 Å². The standard InChI is InChI=1S/C19H15NO3/c1-22-11-7-16-15(19(8-11)23-2)9-14-12-5-3-4-6-13(12)18(21)10-17(14)20-16/h3-10,21H,1-2H3. The van der Waals surface area contributed by atoms with Crippen LogP contribution in [0.3, 0.4) is 0 Å². The molecule has 0 aliphatic heterocycles. The van der Waals surface area contributed by atoms with Gasteiger partial charge in [-0.3, -0.25) is 0 Å². The molecule has 1 N–H and O–H groups in total. The van der Waals surface area contributed by atoms with Gasteiger partial charge in [-0.1, -0.05) is 24.3 Å². The Hall–Kier alpha value is -3.01. The average Bonchev–Trinajstić information content (AvgIpc) is 2.59. The maximum absolute atomic E-state index is 10.3. The summed E-state index contributed by atoms with van der Waals surface area (Å²) in [5, 5.41) is 13.9. The van der Waals surface area contributed by atoms with Crippen molar-refractivity contribution >= 4 is 32.6 Å². The number of phenols is 1. The number of aromatic hydroxyl groups is 1. The molecule has 4 aromatic rings. The molecule has 0 fully saturated rings. The van der Waals surface area contributed by atoms with E-state index in [9.17, 15) is 5.11 Å². The van der Waals surface area contributed by atoms with Crippen LogP contribution in [0.4, 0.5) is 0 Å². The van der Waals surface area contributed by atoms with Crippen LogP contribution in [-0.4, -0.2) is 24.3 Å². The summed E-state index contributed by atoms with van der Waals surface area (Å²) in [6.07, 6.45) is 0. The highest BCUT2D eigenvalue weighted by molar-refractivity contribution is 6.12. The summed E-state index contributed by atoms with van der Waals surface area (Å²) < 4.78 is 10.8. The van der Waals surface area contributed by atoms with Crippen LogP contribution in [-0.2, 0) is 0 Å². The van der Waals surface area contributed by atoms with Crippen LogP contribution in [0.25, 0.3) is 32.6 Å². The summed E-state index contributed by atoms with van der Waals surface area (Å²) in [5.74, 6) is 1.63. The molecule has 1 heterocycles. The third kappa shape index (κ3) is 2.03. The highest BCUT2D eigenvalue weighted by atomic mass is 16.5. The number of hydrogen-bond donors (Lipinski definition) is 1. The second-order valence-corrected chi connectivity index (χ2v) is 5.39. The molecule has 0 amide bonds. The highest BCUT2D eigenvalue weighted by Gasteiger charge is 2.12. The van der Waals surface area contributed by atoms with Gasteiger partial charge in [0.2, 0.25) is 0 Å². The number of benzene rings is 3. The van der Waals surface area contributed by atoms with E-state index < -0.39 is 0 Å². The van der Waals surface area contributed by atoms with E-state index in [2.05, 4.69) is 11.1 Å². The van der Waals surface area contributed by atoms with E-state index in [0.717, 1.165) is 32.6 Å². The molecule has 4 heteroatoms. The molecular weight excluding hydrogens is 290 g/mol. The average molecular weight is 305 g/mol. The zero-order valence-electron chi connectivity index (χ0n) is 12.8. The molecule has 0 radical (unpaired) electrons. The molecule has 0 bridgehead atoms. The first kappa shape index (κ1) is 13.6. The van der Waals surface area contributed by atoms with Gasteiger partial charge in [0.25, 0.3) is 0 Å². The van der Waals surface area contributed by atoms with Crippen LogP contribution in [0.15, 0.2) is 48.5 Å². The molecule has 0 spiro atoms. The maximum atomic E-state index is 10.3. The van der Waals surface area contributed by atoms with Crippen molar-refractivity contribution in [2.45, 2.75) is 0 Å². The molecule has 3 aromatic carbocycles. The van der Waals surface area contributed by atoms with Gasteiger partial charge >= 0.3 is 0 Å². The Balaban J connectivity index is 2.19. The molecule has 0 unspecified atom stereocenters. The lowest BCUT2D eigenvalue weighted by Crippen LogP contribution is -1.91. The zero-order valence-corrected chi connectivity index (χ0v) is 12.8. The number of rotatable bonds is 2. The smallest absolute Gasteiger partial charge is 0.131 e. The number of methoxy groups -OCH3 is 2. The van der Waals surface area contributed by atoms with E-state index >= 15 is 0 Å². The number of phenolic OH excluding ortho intramolecular Hbond substituents is 1. The fraction of sp³-hybridized carbons (Fsp3) is 0.105. The number of pyridine rings is 1. The van der Waals surface area contributed by atoms with Crippen LogP contribution < -0.4 is 9.47 Å². The minimum Gasteiger partial charge on any atom is -0.507 e. The summed E-state index contributed by atoms with van der Waals surface area (Å²) in [7, 11) is 3.24. The van der Waals surface area contributed by atoms with Crippen LogP contribution in [0.1, 0.15) is 0 Å². The number of ether oxygens (including phenoxy) is 2. The number of hydrogen-bond acceptors (Lipinski definition) is 4. The Bertz CT molecular complexity index is 1060. The Kier molecular flexibility index (Phi) is 2.98. The molecule has 0 saturated heterocycles. The summed E-state index contributed by atoms with van der Waals surface area (Å²) in [6.45, 7) is 0. The van der Waals surface area contributed by atoms with E-state index in [0.29, 0.717) is 11.5 Å². The lowest BCUT2D eigenvalue weighted by atomic mass is 10.0. The maximum Gasteiger partial charge on any atom is 0.131 e. The molecule has 4 rings (SSSR count). The SMILES string of the molecule is COc1cc(OC)c2cc3c(cc(O)c4ccccc43)nc2c1. The van der Waals surface area contributed by atoms with Crippen LogP contribution in [0.2, 0.25) is 0 Å². The van der Waals surface area contributed by atoms with Crippen molar-refractivity contribution in [2.24, 2.45) is 0 Å². The predicted molar refractivity (Wildman–Crippen MR) is 91.5 cm³/mol. The molecule has 114 valence electrons. The van der Waals surface area contributed by atoms with Crippen molar-refractivity contribution in [3.05, 3.63) is 48.5 Å². The van der Waals surface area contributed by atoms with Crippen molar-refractivity contribution in [2.75, 3.05) is 14.2 Å². The van der Waals surface area contributed by atoms with Gasteiger partial charge in [0, 0.05) is 34.4 Å². The monoisotopic (exact) mass is 305 g/mol. The highest BCUT2D eigenvalue weighted by Crippen LogP contribution is 2.37. The minimum absolute atomic E-state index is 0.231. The van der Waals surface area contributed by atoms with E-state index in [4.69, 9.17) is 9.47 Å².